The lowest BCUT2D eigenvalue weighted by Gasteiger charge is -2.21. The Kier molecular flexibility index (Phi) is 5.56. The number of amides is 1. The predicted octanol–water partition coefficient (Wildman–Crippen LogP) is 3.98. The van der Waals surface area contributed by atoms with Crippen LogP contribution in [0.4, 0.5) is 0 Å². The highest BCUT2D eigenvalue weighted by molar-refractivity contribution is 5.76. The van der Waals surface area contributed by atoms with Crippen LogP contribution in [0, 0.1) is 6.92 Å². The number of hydrogen-bond donors (Lipinski definition) is 0. The smallest absolute Gasteiger partial charge is 0.223 e. The van der Waals surface area contributed by atoms with Gasteiger partial charge >= 0.3 is 0 Å². The van der Waals surface area contributed by atoms with E-state index in [-0.39, 0.29) is 5.91 Å². The van der Waals surface area contributed by atoms with E-state index < -0.39 is 0 Å². The number of carbonyl (C=O) groups excluding carboxylic acids is 1. The van der Waals surface area contributed by atoms with E-state index in [0.717, 1.165) is 13.0 Å². The quantitative estimate of drug-likeness (QED) is 0.784. The van der Waals surface area contributed by atoms with Gasteiger partial charge in [-0.1, -0.05) is 60.2 Å². The number of rotatable bonds is 6. The molecular formula is C19H23NO. The first-order chi connectivity index (χ1) is 10.2. The van der Waals surface area contributed by atoms with Crippen molar-refractivity contribution in [2.24, 2.45) is 0 Å². The van der Waals surface area contributed by atoms with Crippen LogP contribution in [0.25, 0.3) is 0 Å². The van der Waals surface area contributed by atoms with E-state index in [2.05, 4.69) is 43.3 Å². The molecule has 1 amide bonds. The second-order valence-corrected chi connectivity index (χ2v) is 5.38. The molecule has 0 saturated heterocycles. The molecule has 0 bridgehead atoms. The van der Waals surface area contributed by atoms with Gasteiger partial charge in [0.05, 0.1) is 0 Å². The summed E-state index contributed by atoms with van der Waals surface area (Å²) in [6, 6.07) is 18.6. The number of carbonyl (C=O) groups is 1. The van der Waals surface area contributed by atoms with Gasteiger partial charge in [0, 0.05) is 19.5 Å². The van der Waals surface area contributed by atoms with E-state index in [1.807, 2.05) is 30.0 Å². The maximum atomic E-state index is 12.3. The van der Waals surface area contributed by atoms with Gasteiger partial charge in [-0.15, -0.1) is 0 Å². The zero-order valence-electron chi connectivity index (χ0n) is 12.9. The van der Waals surface area contributed by atoms with Gasteiger partial charge in [-0.3, -0.25) is 4.79 Å². The fraction of sp³-hybridized carbons (Fsp3) is 0.316. The number of nitrogens with zero attached hydrogens (tertiary/aromatic N) is 1. The van der Waals surface area contributed by atoms with Crippen molar-refractivity contribution in [1.29, 1.82) is 0 Å². The van der Waals surface area contributed by atoms with Crippen LogP contribution in [0.3, 0.4) is 0 Å². The lowest BCUT2D eigenvalue weighted by atomic mass is 10.1. The first-order valence-corrected chi connectivity index (χ1v) is 7.56. The minimum absolute atomic E-state index is 0.224. The van der Waals surface area contributed by atoms with Crippen LogP contribution in [0.2, 0.25) is 0 Å². The summed E-state index contributed by atoms with van der Waals surface area (Å²) in [6.45, 7) is 5.56. The molecule has 110 valence electrons. The molecule has 0 aromatic heterocycles. The fourth-order valence-corrected chi connectivity index (χ4v) is 2.34. The summed E-state index contributed by atoms with van der Waals surface area (Å²) in [5, 5.41) is 0. The van der Waals surface area contributed by atoms with Gasteiger partial charge in [0.25, 0.3) is 0 Å². The van der Waals surface area contributed by atoms with Crippen LogP contribution in [-0.2, 0) is 17.8 Å². The maximum Gasteiger partial charge on any atom is 0.223 e. The Balaban J connectivity index is 1.89. The largest absolute Gasteiger partial charge is 0.339 e. The Hall–Kier alpha value is -2.09. The molecule has 0 N–H and O–H groups in total. The lowest BCUT2D eigenvalue weighted by molar-refractivity contribution is -0.131. The molecule has 2 aromatic rings. The Morgan fingerprint density at radius 1 is 0.952 bits per heavy atom. The van der Waals surface area contributed by atoms with E-state index in [0.29, 0.717) is 13.0 Å². The van der Waals surface area contributed by atoms with Crippen molar-refractivity contribution in [2.45, 2.75) is 33.2 Å². The van der Waals surface area contributed by atoms with Gasteiger partial charge in [-0.25, -0.2) is 0 Å². The molecular weight excluding hydrogens is 258 g/mol. The van der Waals surface area contributed by atoms with Crippen molar-refractivity contribution in [3.05, 3.63) is 71.3 Å². The maximum absolute atomic E-state index is 12.3. The molecule has 0 unspecified atom stereocenters. The van der Waals surface area contributed by atoms with E-state index >= 15 is 0 Å². The van der Waals surface area contributed by atoms with Crippen LogP contribution < -0.4 is 0 Å². The van der Waals surface area contributed by atoms with Crippen molar-refractivity contribution in [3.63, 3.8) is 0 Å². The minimum Gasteiger partial charge on any atom is -0.339 e. The van der Waals surface area contributed by atoms with E-state index in [1.165, 1.54) is 16.7 Å². The van der Waals surface area contributed by atoms with Gasteiger partial charge in [0.15, 0.2) is 0 Å². The highest BCUT2D eigenvalue weighted by Gasteiger charge is 2.11. The van der Waals surface area contributed by atoms with Crippen molar-refractivity contribution in [1.82, 2.24) is 4.90 Å². The second-order valence-electron chi connectivity index (χ2n) is 5.38. The third-order valence-corrected chi connectivity index (χ3v) is 3.70. The van der Waals surface area contributed by atoms with Gasteiger partial charge in [-0.05, 0) is 31.4 Å². The predicted molar refractivity (Wildman–Crippen MR) is 87.0 cm³/mol. The third-order valence-electron chi connectivity index (χ3n) is 3.70. The monoisotopic (exact) mass is 281 g/mol. The normalized spacial score (nSPS) is 10.4. The zero-order valence-corrected chi connectivity index (χ0v) is 12.9. The number of aryl methyl sites for hydroxylation is 2. The van der Waals surface area contributed by atoms with Gasteiger partial charge in [-0.2, -0.15) is 0 Å². The van der Waals surface area contributed by atoms with E-state index in [4.69, 9.17) is 0 Å². The summed E-state index contributed by atoms with van der Waals surface area (Å²) in [4.78, 5) is 14.3. The molecule has 2 nitrogen and oxygen atoms in total. The summed E-state index contributed by atoms with van der Waals surface area (Å²) in [6.07, 6.45) is 1.38. The average molecular weight is 281 g/mol. The van der Waals surface area contributed by atoms with Crippen LogP contribution in [0.5, 0.6) is 0 Å². The Bertz CT molecular complexity index is 560. The molecule has 0 heterocycles. The zero-order chi connectivity index (χ0) is 15.1. The number of hydrogen-bond acceptors (Lipinski definition) is 1. The van der Waals surface area contributed by atoms with Gasteiger partial charge < -0.3 is 4.90 Å². The molecule has 2 heteroatoms. The molecule has 0 spiro atoms. The number of benzene rings is 2. The summed E-state index contributed by atoms with van der Waals surface area (Å²) in [5.41, 5.74) is 3.66. The Morgan fingerprint density at radius 3 is 2.24 bits per heavy atom. The average Bonchev–Trinajstić information content (AvgIpc) is 2.52. The molecule has 0 fully saturated rings. The van der Waals surface area contributed by atoms with Crippen LogP contribution >= 0.6 is 0 Å². The molecule has 0 atom stereocenters. The highest BCUT2D eigenvalue weighted by Crippen LogP contribution is 2.10. The first kappa shape index (κ1) is 15.3. The molecule has 0 saturated carbocycles. The van der Waals surface area contributed by atoms with Crippen molar-refractivity contribution in [2.75, 3.05) is 6.54 Å². The van der Waals surface area contributed by atoms with Crippen LogP contribution in [0.15, 0.2) is 54.6 Å². The summed E-state index contributed by atoms with van der Waals surface area (Å²) < 4.78 is 0. The SMILES string of the molecule is CCN(Cc1ccccc1)C(=O)CCc1ccc(C)cc1. The van der Waals surface area contributed by atoms with Gasteiger partial charge in [0.1, 0.15) is 0 Å². The molecule has 2 rings (SSSR count). The molecule has 0 aliphatic heterocycles. The van der Waals surface area contributed by atoms with Crippen molar-refractivity contribution in [3.8, 4) is 0 Å². The van der Waals surface area contributed by atoms with E-state index in [1.54, 1.807) is 0 Å². The molecule has 21 heavy (non-hydrogen) atoms. The first-order valence-electron chi connectivity index (χ1n) is 7.56. The summed E-state index contributed by atoms with van der Waals surface area (Å²) in [7, 11) is 0. The van der Waals surface area contributed by atoms with Crippen molar-refractivity contribution >= 4 is 5.91 Å². The highest BCUT2D eigenvalue weighted by atomic mass is 16.2. The van der Waals surface area contributed by atoms with Gasteiger partial charge in [0.2, 0.25) is 5.91 Å². The fourth-order valence-electron chi connectivity index (χ4n) is 2.34. The lowest BCUT2D eigenvalue weighted by Crippen LogP contribution is -2.30. The Labute approximate surface area is 127 Å². The molecule has 0 aliphatic carbocycles. The molecule has 0 radical (unpaired) electrons. The third kappa shape index (κ3) is 4.75. The Morgan fingerprint density at radius 2 is 1.62 bits per heavy atom. The molecule has 0 aliphatic rings. The second kappa shape index (κ2) is 7.63. The standard InChI is InChI=1S/C19H23NO/c1-3-20(15-18-7-5-4-6-8-18)19(21)14-13-17-11-9-16(2)10-12-17/h4-12H,3,13-15H2,1-2H3. The van der Waals surface area contributed by atoms with E-state index in [9.17, 15) is 4.79 Å². The topological polar surface area (TPSA) is 20.3 Å². The minimum atomic E-state index is 0.224. The van der Waals surface area contributed by atoms with Crippen LogP contribution in [0.1, 0.15) is 30.0 Å². The summed E-state index contributed by atoms with van der Waals surface area (Å²) >= 11 is 0. The summed E-state index contributed by atoms with van der Waals surface area (Å²) in [5.74, 6) is 0.224. The van der Waals surface area contributed by atoms with Crippen LogP contribution in [-0.4, -0.2) is 17.4 Å². The van der Waals surface area contributed by atoms with Crippen molar-refractivity contribution < 1.29 is 4.79 Å². The molecule has 2 aromatic carbocycles.